The predicted molar refractivity (Wildman–Crippen MR) is 139 cm³/mol. The van der Waals surface area contributed by atoms with Crippen LogP contribution in [0.25, 0.3) is 16.3 Å². The van der Waals surface area contributed by atoms with Gasteiger partial charge >= 0.3 is 0 Å². The number of aryl methyl sites for hydroxylation is 2. The number of halogens is 1. The van der Waals surface area contributed by atoms with Crippen LogP contribution < -0.4 is 14.4 Å². The Kier molecular flexibility index (Phi) is 8.67. The van der Waals surface area contributed by atoms with Crippen molar-refractivity contribution in [2.24, 2.45) is 0 Å². The van der Waals surface area contributed by atoms with Gasteiger partial charge in [-0.1, -0.05) is 29.5 Å². The highest BCUT2D eigenvalue weighted by Gasteiger charge is 2.18. The second-order valence-corrected chi connectivity index (χ2v) is 8.52. The lowest BCUT2D eigenvalue weighted by molar-refractivity contribution is -0.114. The number of hydrogen-bond acceptors (Lipinski definition) is 6. The van der Waals surface area contributed by atoms with E-state index in [4.69, 9.17) is 14.5 Å². The largest absolute Gasteiger partial charge is 0.493 e. The summed E-state index contributed by atoms with van der Waals surface area (Å²) in [4.78, 5) is 23.9. The van der Waals surface area contributed by atoms with Gasteiger partial charge in [-0.15, -0.1) is 12.4 Å². The predicted octanol–water partition coefficient (Wildman–Crippen LogP) is 5.38. The van der Waals surface area contributed by atoms with Crippen molar-refractivity contribution in [2.45, 2.75) is 19.9 Å². The van der Waals surface area contributed by atoms with Crippen LogP contribution in [0.3, 0.4) is 0 Å². The number of carbonyl (C=O) groups excluding carboxylic acids is 1. The Balaban J connectivity index is 0.00000324. The first-order valence-electron chi connectivity index (χ1n) is 10.6. The fourth-order valence-electron chi connectivity index (χ4n) is 3.53. The van der Waals surface area contributed by atoms with E-state index in [1.54, 1.807) is 43.8 Å². The van der Waals surface area contributed by atoms with E-state index in [0.717, 1.165) is 34.3 Å². The molecule has 9 heteroatoms. The second-order valence-electron chi connectivity index (χ2n) is 7.51. The molecule has 34 heavy (non-hydrogen) atoms. The van der Waals surface area contributed by atoms with Crippen LogP contribution in [0, 0.1) is 6.92 Å². The Morgan fingerprint density at radius 3 is 2.71 bits per heavy atom. The summed E-state index contributed by atoms with van der Waals surface area (Å²) in [5, 5.41) is 0.701. The van der Waals surface area contributed by atoms with Gasteiger partial charge in [0.25, 0.3) is 5.91 Å². The maximum Gasteiger partial charge on any atom is 0.252 e. The Morgan fingerprint density at radius 2 is 2.00 bits per heavy atom. The highest BCUT2D eigenvalue weighted by Crippen LogP contribution is 2.31. The SMILES string of the molecule is COc1ccc(/C=C/C(=O)N(CCCn2ccnc2)c2nc3c(C)cccc3s2)cc1OC.Cl. The Labute approximate surface area is 209 Å². The molecule has 0 bridgehead atoms. The topological polar surface area (TPSA) is 69.5 Å². The molecule has 178 valence electrons. The van der Waals surface area contributed by atoms with Gasteiger partial charge in [-0.05, 0) is 48.7 Å². The first-order chi connectivity index (χ1) is 16.1. The number of imidazole rings is 1. The highest BCUT2D eigenvalue weighted by molar-refractivity contribution is 7.22. The van der Waals surface area contributed by atoms with E-state index in [0.29, 0.717) is 23.2 Å². The first kappa shape index (κ1) is 25.3. The highest BCUT2D eigenvalue weighted by atomic mass is 35.5. The number of methoxy groups -OCH3 is 2. The summed E-state index contributed by atoms with van der Waals surface area (Å²) >= 11 is 1.53. The van der Waals surface area contributed by atoms with E-state index in [9.17, 15) is 4.79 Å². The summed E-state index contributed by atoms with van der Waals surface area (Å²) < 4.78 is 13.7. The first-order valence-corrected chi connectivity index (χ1v) is 11.4. The smallest absolute Gasteiger partial charge is 0.252 e. The van der Waals surface area contributed by atoms with E-state index in [2.05, 4.69) is 4.98 Å². The number of rotatable bonds is 9. The molecule has 0 aliphatic rings. The minimum Gasteiger partial charge on any atom is -0.493 e. The number of thiazole rings is 1. The third kappa shape index (κ3) is 5.76. The lowest BCUT2D eigenvalue weighted by Crippen LogP contribution is -2.30. The molecular formula is C25H27ClN4O3S. The normalized spacial score (nSPS) is 10.9. The molecule has 0 aliphatic carbocycles. The van der Waals surface area contributed by atoms with Gasteiger partial charge in [0, 0.05) is 31.6 Å². The number of para-hydroxylation sites is 1. The Bertz CT molecular complexity index is 1270. The standard InChI is InChI=1S/C25H26N4O3S.ClH/c1-18-6-4-7-22-24(18)27-25(33-22)29(14-5-13-28-15-12-26-17-28)23(30)11-9-19-8-10-20(31-2)21(16-19)32-3;/h4,6-12,15-17H,5,13-14H2,1-3H3;1H/b11-9+;. The number of benzene rings is 2. The molecule has 0 aliphatic heterocycles. The Hall–Kier alpha value is -3.36. The summed E-state index contributed by atoms with van der Waals surface area (Å²) in [6.45, 7) is 3.35. The van der Waals surface area contributed by atoms with Gasteiger partial charge < -0.3 is 14.0 Å². The van der Waals surface area contributed by atoms with Crippen LogP contribution in [0.15, 0.2) is 61.2 Å². The van der Waals surface area contributed by atoms with E-state index in [1.807, 2.05) is 54.1 Å². The fourth-order valence-corrected chi connectivity index (χ4v) is 4.61. The van der Waals surface area contributed by atoms with Gasteiger partial charge in [0.1, 0.15) is 0 Å². The number of carbonyl (C=O) groups is 1. The molecule has 4 aromatic rings. The summed E-state index contributed by atoms with van der Waals surface area (Å²) in [7, 11) is 3.19. The van der Waals surface area contributed by atoms with Crippen molar-refractivity contribution in [1.82, 2.24) is 14.5 Å². The zero-order valence-corrected chi connectivity index (χ0v) is 20.9. The monoisotopic (exact) mass is 498 g/mol. The molecule has 0 spiro atoms. The molecule has 2 aromatic carbocycles. The van der Waals surface area contributed by atoms with E-state index in [1.165, 1.54) is 11.3 Å². The lowest BCUT2D eigenvalue weighted by atomic mass is 10.2. The van der Waals surface area contributed by atoms with Crippen molar-refractivity contribution in [2.75, 3.05) is 25.7 Å². The van der Waals surface area contributed by atoms with Crippen LogP contribution in [0.2, 0.25) is 0 Å². The van der Waals surface area contributed by atoms with E-state index >= 15 is 0 Å². The molecule has 1 amide bonds. The van der Waals surface area contributed by atoms with Gasteiger partial charge in [0.2, 0.25) is 0 Å². The number of hydrogen-bond donors (Lipinski definition) is 0. The molecule has 2 heterocycles. The lowest BCUT2D eigenvalue weighted by Gasteiger charge is -2.18. The summed E-state index contributed by atoms with van der Waals surface area (Å²) in [6, 6.07) is 11.6. The van der Waals surface area contributed by atoms with Gasteiger partial charge in [0.15, 0.2) is 16.6 Å². The number of anilines is 1. The average molecular weight is 499 g/mol. The van der Waals surface area contributed by atoms with E-state index < -0.39 is 0 Å². The fraction of sp³-hybridized carbons (Fsp3) is 0.240. The molecule has 4 rings (SSSR count). The van der Waals surface area contributed by atoms with Crippen LogP contribution in [0.1, 0.15) is 17.5 Å². The Morgan fingerprint density at radius 1 is 1.18 bits per heavy atom. The third-order valence-electron chi connectivity index (χ3n) is 5.29. The maximum absolute atomic E-state index is 13.3. The van der Waals surface area contributed by atoms with Crippen molar-refractivity contribution in [3.8, 4) is 11.5 Å². The van der Waals surface area contributed by atoms with Crippen LogP contribution in [-0.4, -0.2) is 41.2 Å². The molecule has 0 N–H and O–H groups in total. The molecule has 0 unspecified atom stereocenters. The second kappa shape index (κ2) is 11.7. The van der Waals surface area contributed by atoms with Gasteiger partial charge in [-0.2, -0.15) is 0 Å². The van der Waals surface area contributed by atoms with Crippen molar-refractivity contribution in [3.05, 3.63) is 72.3 Å². The van der Waals surface area contributed by atoms with Gasteiger partial charge in [-0.25, -0.2) is 9.97 Å². The zero-order valence-electron chi connectivity index (χ0n) is 19.3. The molecule has 0 radical (unpaired) electrons. The summed E-state index contributed by atoms with van der Waals surface area (Å²) in [6.07, 6.45) is 9.60. The minimum atomic E-state index is -0.118. The average Bonchev–Trinajstić information content (AvgIpc) is 3.50. The van der Waals surface area contributed by atoms with Crippen molar-refractivity contribution in [3.63, 3.8) is 0 Å². The molecular weight excluding hydrogens is 472 g/mol. The molecule has 7 nitrogen and oxygen atoms in total. The maximum atomic E-state index is 13.3. The molecule has 0 atom stereocenters. The number of aromatic nitrogens is 3. The van der Waals surface area contributed by atoms with Crippen LogP contribution >= 0.6 is 23.7 Å². The molecule has 0 saturated heterocycles. The van der Waals surface area contributed by atoms with Crippen LogP contribution in [0.4, 0.5) is 5.13 Å². The number of ether oxygens (including phenoxy) is 2. The number of amides is 1. The van der Waals surface area contributed by atoms with Gasteiger partial charge in [-0.3, -0.25) is 9.69 Å². The summed E-state index contributed by atoms with van der Waals surface area (Å²) in [5.74, 6) is 1.14. The quantitative estimate of drug-likeness (QED) is 0.290. The van der Waals surface area contributed by atoms with E-state index in [-0.39, 0.29) is 18.3 Å². The zero-order chi connectivity index (χ0) is 23.2. The van der Waals surface area contributed by atoms with Crippen LogP contribution in [0.5, 0.6) is 11.5 Å². The number of fused-ring (bicyclic) bond motifs is 1. The van der Waals surface area contributed by atoms with Crippen LogP contribution in [-0.2, 0) is 11.3 Å². The van der Waals surface area contributed by atoms with Crippen molar-refractivity contribution < 1.29 is 14.3 Å². The minimum absolute atomic E-state index is 0. The molecule has 0 saturated carbocycles. The van der Waals surface area contributed by atoms with Crippen molar-refractivity contribution >= 4 is 51.1 Å². The van der Waals surface area contributed by atoms with Crippen molar-refractivity contribution in [1.29, 1.82) is 0 Å². The van der Waals surface area contributed by atoms with Gasteiger partial charge in [0.05, 0.1) is 30.8 Å². The molecule has 0 fully saturated rings. The third-order valence-corrected chi connectivity index (χ3v) is 6.33. The molecule has 2 aromatic heterocycles. The summed E-state index contributed by atoms with van der Waals surface area (Å²) in [5.41, 5.74) is 2.88. The number of nitrogens with zero attached hydrogens (tertiary/aromatic N) is 4.